The number of aryl methyl sites for hydroxylation is 1. The summed E-state index contributed by atoms with van der Waals surface area (Å²) in [6, 6.07) is 2.81. The van der Waals surface area contributed by atoms with Crippen LogP contribution in [0.1, 0.15) is 26.2 Å². The molecule has 7 nitrogen and oxygen atoms in total. The van der Waals surface area contributed by atoms with E-state index in [2.05, 4.69) is 24.1 Å². The number of nitrogens with zero attached hydrogens (tertiary/aromatic N) is 2. The molecule has 2 aromatic rings. The Labute approximate surface area is 122 Å². The van der Waals surface area contributed by atoms with Gasteiger partial charge in [-0.1, -0.05) is 13.8 Å². The predicted octanol–water partition coefficient (Wildman–Crippen LogP) is 3.02. The van der Waals surface area contributed by atoms with Crippen molar-refractivity contribution in [2.75, 3.05) is 13.1 Å². The Balaban J connectivity index is 1.84. The van der Waals surface area contributed by atoms with Crippen molar-refractivity contribution in [3.05, 3.63) is 34.3 Å². The van der Waals surface area contributed by atoms with E-state index in [9.17, 15) is 10.1 Å². The van der Waals surface area contributed by atoms with Gasteiger partial charge in [0.15, 0.2) is 17.4 Å². The van der Waals surface area contributed by atoms with Crippen LogP contribution in [0, 0.1) is 16.0 Å². The predicted molar refractivity (Wildman–Crippen MR) is 76.9 cm³/mol. The highest BCUT2D eigenvalue weighted by atomic mass is 16.6. The summed E-state index contributed by atoms with van der Waals surface area (Å²) in [6.45, 7) is 6.22. The van der Waals surface area contributed by atoms with Gasteiger partial charge in [-0.05, 0) is 31.5 Å². The number of oxazole rings is 1. The summed E-state index contributed by atoms with van der Waals surface area (Å²) in [5.41, 5.74) is 0. The van der Waals surface area contributed by atoms with E-state index in [-0.39, 0.29) is 5.88 Å². The molecule has 0 atom stereocenters. The average Bonchev–Trinajstić information content (AvgIpc) is 3.06. The molecule has 21 heavy (non-hydrogen) atoms. The van der Waals surface area contributed by atoms with Crippen molar-refractivity contribution in [2.24, 2.45) is 5.92 Å². The number of hydrogen-bond donors (Lipinski definition) is 1. The SMILES string of the molecule is CC(C)CNCCCc1ncc(-c2ccc([N+](=O)[O-])o2)o1. The smallest absolute Gasteiger partial charge is 0.433 e. The van der Waals surface area contributed by atoms with Crippen LogP contribution < -0.4 is 5.32 Å². The van der Waals surface area contributed by atoms with Gasteiger partial charge in [0.05, 0.1) is 12.3 Å². The molecule has 0 aliphatic rings. The zero-order valence-electron chi connectivity index (χ0n) is 12.2. The van der Waals surface area contributed by atoms with Gasteiger partial charge in [-0.2, -0.15) is 0 Å². The van der Waals surface area contributed by atoms with Gasteiger partial charge in [-0.15, -0.1) is 0 Å². The van der Waals surface area contributed by atoms with Crippen LogP contribution in [0.5, 0.6) is 0 Å². The van der Waals surface area contributed by atoms with Crippen LogP contribution >= 0.6 is 0 Å². The molecule has 0 fully saturated rings. The molecule has 0 amide bonds. The molecule has 0 aliphatic heterocycles. The second kappa shape index (κ2) is 7.03. The summed E-state index contributed by atoms with van der Waals surface area (Å²) < 4.78 is 10.6. The Hall–Kier alpha value is -2.15. The molecule has 0 aliphatic carbocycles. The van der Waals surface area contributed by atoms with Gasteiger partial charge in [0, 0.05) is 6.42 Å². The first kappa shape index (κ1) is 15.2. The zero-order chi connectivity index (χ0) is 15.2. The molecule has 114 valence electrons. The normalized spacial score (nSPS) is 11.2. The van der Waals surface area contributed by atoms with Crippen LogP contribution in [0.25, 0.3) is 11.5 Å². The van der Waals surface area contributed by atoms with Gasteiger partial charge < -0.3 is 14.2 Å². The molecule has 0 spiro atoms. The third kappa shape index (κ3) is 4.42. The largest absolute Gasteiger partial charge is 0.437 e. The van der Waals surface area contributed by atoms with Crippen molar-refractivity contribution in [3.8, 4) is 11.5 Å². The number of aromatic nitrogens is 1. The molecule has 1 N–H and O–H groups in total. The van der Waals surface area contributed by atoms with Gasteiger partial charge in [-0.25, -0.2) is 4.98 Å². The minimum Gasteiger partial charge on any atom is -0.437 e. The van der Waals surface area contributed by atoms with E-state index < -0.39 is 4.92 Å². The minimum absolute atomic E-state index is 0.305. The molecule has 7 heteroatoms. The van der Waals surface area contributed by atoms with Gasteiger partial charge in [0.1, 0.15) is 4.92 Å². The van der Waals surface area contributed by atoms with E-state index in [1.54, 1.807) is 0 Å². The quantitative estimate of drug-likeness (QED) is 0.456. The second-order valence-electron chi connectivity index (χ2n) is 5.21. The van der Waals surface area contributed by atoms with Crippen molar-refractivity contribution < 1.29 is 13.8 Å². The number of nitrogens with one attached hydrogen (secondary N) is 1. The lowest BCUT2D eigenvalue weighted by molar-refractivity contribution is -0.401. The van der Waals surface area contributed by atoms with E-state index >= 15 is 0 Å². The fourth-order valence-electron chi connectivity index (χ4n) is 1.85. The summed E-state index contributed by atoms with van der Waals surface area (Å²) in [7, 11) is 0. The number of hydrogen-bond acceptors (Lipinski definition) is 6. The molecule has 0 saturated heterocycles. The highest BCUT2D eigenvalue weighted by Gasteiger charge is 2.16. The lowest BCUT2D eigenvalue weighted by Crippen LogP contribution is -2.21. The Morgan fingerprint density at radius 2 is 2.14 bits per heavy atom. The lowest BCUT2D eigenvalue weighted by atomic mass is 10.2. The molecule has 0 unspecified atom stereocenters. The maximum Gasteiger partial charge on any atom is 0.433 e. The van der Waals surface area contributed by atoms with Crippen LogP contribution in [0.2, 0.25) is 0 Å². The molecule has 2 aromatic heterocycles. The van der Waals surface area contributed by atoms with Crippen LogP contribution in [0.15, 0.2) is 27.2 Å². The van der Waals surface area contributed by atoms with E-state index in [1.807, 2.05) is 0 Å². The first-order valence-corrected chi connectivity index (χ1v) is 6.96. The molecular weight excluding hydrogens is 274 g/mol. The Morgan fingerprint density at radius 3 is 2.81 bits per heavy atom. The Morgan fingerprint density at radius 1 is 1.33 bits per heavy atom. The molecular formula is C14H19N3O4. The number of rotatable bonds is 8. The molecule has 2 rings (SSSR count). The maximum absolute atomic E-state index is 10.6. The summed E-state index contributed by atoms with van der Waals surface area (Å²) in [5.74, 6) is 1.66. The van der Waals surface area contributed by atoms with E-state index in [1.165, 1.54) is 18.3 Å². The standard InChI is InChI=1S/C14H19N3O4/c1-10(2)8-15-7-3-4-13-16-9-12(20-13)11-5-6-14(21-11)17(18)19/h5-6,9-10,15H,3-4,7-8H2,1-2H3. The highest BCUT2D eigenvalue weighted by molar-refractivity contribution is 5.50. The number of nitro groups is 1. The summed E-state index contributed by atoms with van der Waals surface area (Å²) in [5, 5.41) is 13.9. The van der Waals surface area contributed by atoms with Crippen molar-refractivity contribution >= 4 is 5.88 Å². The fraction of sp³-hybridized carbons (Fsp3) is 0.500. The molecule has 0 radical (unpaired) electrons. The van der Waals surface area contributed by atoms with Crippen LogP contribution in [0.4, 0.5) is 5.88 Å². The number of furan rings is 1. The van der Waals surface area contributed by atoms with E-state index in [4.69, 9.17) is 8.83 Å². The molecule has 0 saturated carbocycles. The lowest BCUT2D eigenvalue weighted by Gasteiger charge is -2.05. The van der Waals surface area contributed by atoms with Crippen LogP contribution in [0.3, 0.4) is 0 Å². The van der Waals surface area contributed by atoms with Gasteiger partial charge in [0.2, 0.25) is 0 Å². The molecule has 2 heterocycles. The first-order chi connectivity index (χ1) is 10.1. The third-order valence-electron chi connectivity index (χ3n) is 2.86. The first-order valence-electron chi connectivity index (χ1n) is 6.96. The van der Waals surface area contributed by atoms with Gasteiger partial charge >= 0.3 is 5.88 Å². The highest BCUT2D eigenvalue weighted by Crippen LogP contribution is 2.26. The van der Waals surface area contributed by atoms with Crippen LogP contribution in [-0.2, 0) is 6.42 Å². The Kier molecular flexibility index (Phi) is 5.10. The fourth-order valence-corrected chi connectivity index (χ4v) is 1.85. The Bertz CT molecular complexity index is 589. The van der Waals surface area contributed by atoms with E-state index in [0.29, 0.717) is 29.7 Å². The van der Waals surface area contributed by atoms with Crippen molar-refractivity contribution in [2.45, 2.75) is 26.7 Å². The summed E-state index contributed by atoms with van der Waals surface area (Å²) in [6.07, 6.45) is 3.16. The van der Waals surface area contributed by atoms with Crippen molar-refractivity contribution in [3.63, 3.8) is 0 Å². The maximum atomic E-state index is 10.6. The van der Waals surface area contributed by atoms with Gasteiger partial charge in [0.25, 0.3) is 0 Å². The topological polar surface area (TPSA) is 94.3 Å². The van der Waals surface area contributed by atoms with Crippen molar-refractivity contribution in [1.82, 2.24) is 10.3 Å². The van der Waals surface area contributed by atoms with Gasteiger partial charge in [-0.3, -0.25) is 10.1 Å². The van der Waals surface area contributed by atoms with Crippen molar-refractivity contribution in [1.29, 1.82) is 0 Å². The molecule has 0 bridgehead atoms. The third-order valence-corrected chi connectivity index (χ3v) is 2.86. The molecule has 0 aromatic carbocycles. The van der Waals surface area contributed by atoms with Crippen LogP contribution in [-0.4, -0.2) is 23.0 Å². The monoisotopic (exact) mass is 293 g/mol. The summed E-state index contributed by atoms with van der Waals surface area (Å²) >= 11 is 0. The van der Waals surface area contributed by atoms with E-state index in [0.717, 1.165) is 19.5 Å². The zero-order valence-corrected chi connectivity index (χ0v) is 12.2. The average molecular weight is 293 g/mol. The second-order valence-corrected chi connectivity index (χ2v) is 5.21. The minimum atomic E-state index is -0.582. The summed E-state index contributed by atoms with van der Waals surface area (Å²) in [4.78, 5) is 14.1.